The van der Waals surface area contributed by atoms with Crippen LogP contribution in [0.25, 0.3) is 0 Å². The molecule has 0 aliphatic rings. The van der Waals surface area contributed by atoms with E-state index in [2.05, 4.69) is 5.32 Å². The van der Waals surface area contributed by atoms with Crippen LogP contribution in [0.1, 0.15) is 24.2 Å². The SMILES string of the molecule is CCOc1ccc(C(=O)OC(C)C(=O)Nc2ccccc2F)cc1. The summed E-state index contributed by atoms with van der Waals surface area (Å²) in [4.78, 5) is 24.0. The van der Waals surface area contributed by atoms with Gasteiger partial charge < -0.3 is 14.8 Å². The summed E-state index contributed by atoms with van der Waals surface area (Å²) in [5.74, 6) is -1.18. The molecule has 2 aromatic carbocycles. The van der Waals surface area contributed by atoms with Crippen molar-refractivity contribution in [2.75, 3.05) is 11.9 Å². The van der Waals surface area contributed by atoms with Crippen molar-refractivity contribution in [1.82, 2.24) is 0 Å². The molecule has 0 fully saturated rings. The molecule has 0 spiro atoms. The number of hydrogen-bond donors (Lipinski definition) is 1. The number of ether oxygens (including phenoxy) is 2. The van der Waals surface area contributed by atoms with Gasteiger partial charge in [0, 0.05) is 0 Å². The first-order chi connectivity index (χ1) is 11.5. The van der Waals surface area contributed by atoms with E-state index in [9.17, 15) is 14.0 Å². The van der Waals surface area contributed by atoms with Crippen LogP contribution < -0.4 is 10.1 Å². The second-order valence-electron chi connectivity index (χ2n) is 4.97. The van der Waals surface area contributed by atoms with Gasteiger partial charge in [0.25, 0.3) is 5.91 Å². The van der Waals surface area contributed by atoms with E-state index in [1.165, 1.54) is 25.1 Å². The molecule has 1 N–H and O–H groups in total. The number of halogens is 1. The predicted octanol–water partition coefficient (Wildman–Crippen LogP) is 3.41. The zero-order valence-electron chi connectivity index (χ0n) is 13.4. The molecular formula is C18H18FNO4. The maximum Gasteiger partial charge on any atom is 0.338 e. The van der Waals surface area contributed by atoms with E-state index in [1.54, 1.807) is 30.3 Å². The standard InChI is InChI=1S/C18H18FNO4/c1-3-23-14-10-8-13(9-11-14)18(22)24-12(2)17(21)20-16-7-5-4-6-15(16)19/h4-12H,3H2,1-2H3,(H,20,21). The minimum absolute atomic E-state index is 0.0338. The molecule has 126 valence electrons. The number of carbonyl (C=O) groups excluding carboxylic acids is 2. The molecule has 0 radical (unpaired) electrons. The lowest BCUT2D eigenvalue weighted by atomic mass is 10.2. The van der Waals surface area contributed by atoms with Crippen molar-refractivity contribution in [1.29, 1.82) is 0 Å². The quantitative estimate of drug-likeness (QED) is 0.824. The number of esters is 1. The molecule has 5 nitrogen and oxygen atoms in total. The summed E-state index contributed by atoms with van der Waals surface area (Å²) in [6.45, 7) is 3.80. The Kier molecular flexibility index (Phi) is 5.89. The molecule has 1 amide bonds. The number of carbonyl (C=O) groups is 2. The van der Waals surface area contributed by atoms with Crippen LogP contribution in [0.2, 0.25) is 0 Å². The zero-order chi connectivity index (χ0) is 17.5. The van der Waals surface area contributed by atoms with Crippen molar-refractivity contribution in [3.05, 3.63) is 59.9 Å². The summed E-state index contributed by atoms with van der Waals surface area (Å²) < 4.78 is 23.9. The van der Waals surface area contributed by atoms with Crippen molar-refractivity contribution in [2.45, 2.75) is 20.0 Å². The number of anilines is 1. The summed E-state index contributed by atoms with van der Waals surface area (Å²) >= 11 is 0. The lowest BCUT2D eigenvalue weighted by molar-refractivity contribution is -0.123. The highest BCUT2D eigenvalue weighted by atomic mass is 19.1. The molecular weight excluding hydrogens is 313 g/mol. The van der Waals surface area contributed by atoms with Gasteiger partial charge in [-0.3, -0.25) is 4.79 Å². The van der Waals surface area contributed by atoms with Gasteiger partial charge in [-0.1, -0.05) is 12.1 Å². The lowest BCUT2D eigenvalue weighted by Crippen LogP contribution is -2.30. The highest BCUT2D eigenvalue weighted by Gasteiger charge is 2.20. The van der Waals surface area contributed by atoms with Crippen LogP contribution in [0.15, 0.2) is 48.5 Å². The maximum atomic E-state index is 13.5. The van der Waals surface area contributed by atoms with Crippen LogP contribution in [-0.2, 0) is 9.53 Å². The fraction of sp³-hybridized carbons (Fsp3) is 0.222. The Morgan fingerprint density at radius 3 is 2.42 bits per heavy atom. The highest BCUT2D eigenvalue weighted by molar-refractivity contribution is 5.97. The molecule has 24 heavy (non-hydrogen) atoms. The van der Waals surface area contributed by atoms with Gasteiger partial charge in [0.15, 0.2) is 6.10 Å². The largest absolute Gasteiger partial charge is 0.494 e. The molecule has 0 bridgehead atoms. The van der Waals surface area contributed by atoms with Crippen molar-refractivity contribution < 1.29 is 23.5 Å². The molecule has 6 heteroatoms. The Morgan fingerprint density at radius 1 is 1.12 bits per heavy atom. The monoisotopic (exact) mass is 331 g/mol. The maximum absolute atomic E-state index is 13.5. The van der Waals surface area contributed by atoms with Crippen molar-refractivity contribution in [3.8, 4) is 5.75 Å². The zero-order valence-corrected chi connectivity index (χ0v) is 13.4. The number of nitrogens with one attached hydrogen (secondary N) is 1. The van der Waals surface area contributed by atoms with E-state index < -0.39 is 23.8 Å². The number of benzene rings is 2. The first-order valence-electron chi connectivity index (χ1n) is 7.50. The highest BCUT2D eigenvalue weighted by Crippen LogP contribution is 2.15. The van der Waals surface area contributed by atoms with Crippen LogP contribution in [-0.4, -0.2) is 24.6 Å². The van der Waals surface area contributed by atoms with Gasteiger partial charge in [-0.15, -0.1) is 0 Å². The van der Waals surface area contributed by atoms with E-state index in [4.69, 9.17) is 9.47 Å². The minimum atomic E-state index is -1.07. The molecule has 1 unspecified atom stereocenters. The smallest absolute Gasteiger partial charge is 0.338 e. The Morgan fingerprint density at radius 2 is 1.79 bits per heavy atom. The van der Waals surface area contributed by atoms with Gasteiger partial charge in [-0.05, 0) is 50.2 Å². The second-order valence-corrected chi connectivity index (χ2v) is 4.97. The third kappa shape index (κ3) is 4.55. The van der Waals surface area contributed by atoms with Gasteiger partial charge in [0.2, 0.25) is 0 Å². The molecule has 0 aliphatic heterocycles. The molecule has 0 saturated carbocycles. The van der Waals surface area contributed by atoms with Crippen molar-refractivity contribution in [3.63, 3.8) is 0 Å². The third-order valence-electron chi connectivity index (χ3n) is 3.19. The molecule has 2 rings (SSSR count). The predicted molar refractivity (Wildman–Crippen MR) is 87.5 cm³/mol. The van der Waals surface area contributed by atoms with Gasteiger partial charge in [0.05, 0.1) is 17.9 Å². The summed E-state index contributed by atoms with van der Waals surface area (Å²) in [6.07, 6.45) is -1.07. The van der Waals surface area contributed by atoms with Crippen molar-refractivity contribution >= 4 is 17.6 Å². The topological polar surface area (TPSA) is 64.6 Å². The Bertz CT molecular complexity index is 715. The van der Waals surface area contributed by atoms with Crippen LogP contribution in [0.4, 0.5) is 10.1 Å². The summed E-state index contributed by atoms with van der Waals surface area (Å²) in [5, 5.41) is 2.38. The Balaban J connectivity index is 1.95. The Labute approximate surface area is 139 Å². The fourth-order valence-corrected chi connectivity index (χ4v) is 1.93. The van der Waals surface area contributed by atoms with Gasteiger partial charge in [-0.2, -0.15) is 0 Å². The van der Waals surface area contributed by atoms with Crippen LogP contribution >= 0.6 is 0 Å². The van der Waals surface area contributed by atoms with Crippen LogP contribution in [0.3, 0.4) is 0 Å². The van der Waals surface area contributed by atoms with Crippen molar-refractivity contribution in [2.24, 2.45) is 0 Å². The first kappa shape index (κ1) is 17.5. The summed E-state index contributed by atoms with van der Waals surface area (Å²) in [6, 6.07) is 12.1. The average molecular weight is 331 g/mol. The molecule has 0 aliphatic carbocycles. The fourth-order valence-electron chi connectivity index (χ4n) is 1.93. The van der Waals surface area contributed by atoms with E-state index in [-0.39, 0.29) is 5.69 Å². The number of amides is 1. The third-order valence-corrected chi connectivity index (χ3v) is 3.19. The Hall–Kier alpha value is -2.89. The number of para-hydroxylation sites is 1. The number of rotatable bonds is 6. The molecule has 2 aromatic rings. The molecule has 0 heterocycles. The first-order valence-corrected chi connectivity index (χ1v) is 7.50. The average Bonchev–Trinajstić information content (AvgIpc) is 2.57. The molecule has 0 aromatic heterocycles. The normalized spacial score (nSPS) is 11.5. The molecule has 1 atom stereocenters. The van der Waals surface area contributed by atoms with Gasteiger partial charge >= 0.3 is 5.97 Å². The van der Waals surface area contributed by atoms with E-state index in [1.807, 2.05) is 6.92 Å². The van der Waals surface area contributed by atoms with Crippen LogP contribution in [0, 0.1) is 5.82 Å². The molecule has 0 saturated heterocycles. The summed E-state index contributed by atoms with van der Waals surface area (Å²) in [7, 11) is 0. The van der Waals surface area contributed by atoms with E-state index >= 15 is 0 Å². The van der Waals surface area contributed by atoms with Gasteiger partial charge in [0.1, 0.15) is 11.6 Å². The van der Waals surface area contributed by atoms with Gasteiger partial charge in [-0.25, -0.2) is 9.18 Å². The second kappa shape index (κ2) is 8.10. The number of hydrogen-bond acceptors (Lipinski definition) is 4. The summed E-state index contributed by atoms with van der Waals surface area (Å²) in [5.41, 5.74) is 0.329. The van der Waals surface area contributed by atoms with Crippen LogP contribution in [0.5, 0.6) is 5.75 Å². The lowest BCUT2D eigenvalue weighted by Gasteiger charge is -2.14. The van der Waals surface area contributed by atoms with E-state index in [0.717, 1.165) is 0 Å². The minimum Gasteiger partial charge on any atom is -0.494 e. The van der Waals surface area contributed by atoms with E-state index in [0.29, 0.717) is 17.9 Å².